The number of nitro groups is 2. The number of carbonyl (C=O) groups is 3. The van der Waals surface area contributed by atoms with Crippen molar-refractivity contribution in [2.75, 3.05) is 126 Å². The molecule has 31 nitrogen and oxygen atoms in total. The normalized spacial score (nSPS) is 13.7. The number of aromatic nitrogens is 12. The highest BCUT2D eigenvalue weighted by Crippen LogP contribution is 2.33. The van der Waals surface area contributed by atoms with E-state index in [-0.39, 0.29) is 48.1 Å². The summed E-state index contributed by atoms with van der Waals surface area (Å²) in [7, 11) is 4.78. The van der Waals surface area contributed by atoms with Crippen molar-refractivity contribution in [3.8, 4) is 17.2 Å². The lowest BCUT2D eigenvalue weighted by atomic mass is 10.2. The van der Waals surface area contributed by atoms with E-state index in [0.29, 0.717) is 124 Å². The van der Waals surface area contributed by atoms with E-state index in [4.69, 9.17) is 66.3 Å². The van der Waals surface area contributed by atoms with Gasteiger partial charge in [0.2, 0.25) is 17.7 Å². The van der Waals surface area contributed by atoms with E-state index in [1.165, 1.54) is 29.2 Å². The Morgan fingerprint density at radius 2 is 0.882 bits per heavy atom. The van der Waals surface area contributed by atoms with Crippen molar-refractivity contribution in [2.24, 2.45) is 0 Å². The highest BCUT2D eigenvalue weighted by atomic mass is 35.5. The van der Waals surface area contributed by atoms with Crippen molar-refractivity contribution in [1.82, 2.24) is 74.6 Å². The van der Waals surface area contributed by atoms with Gasteiger partial charge in [0.25, 0.3) is 11.4 Å². The Labute approximate surface area is 604 Å². The Kier molecular flexibility index (Phi) is 24.3. The Morgan fingerprint density at radius 1 is 0.500 bits per heavy atom. The van der Waals surface area contributed by atoms with Crippen molar-refractivity contribution in [1.29, 1.82) is 0 Å². The first kappa shape index (κ1) is 73.8. The third kappa shape index (κ3) is 17.6. The van der Waals surface area contributed by atoms with E-state index >= 15 is 0 Å². The quantitative estimate of drug-likeness (QED) is 0.0549. The summed E-state index contributed by atoms with van der Waals surface area (Å²) < 4.78 is 19.0. The number of rotatable bonds is 13. The summed E-state index contributed by atoms with van der Waals surface area (Å²) >= 11 is 23.8. The lowest BCUT2D eigenvalue weighted by Gasteiger charge is -2.36. The summed E-state index contributed by atoms with van der Waals surface area (Å²) in [5.41, 5.74) is 15.1. The number of aryl methyl sites for hydroxylation is 4. The third-order valence-corrected chi connectivity index (χ3v) is 18.3. The summed E-state index contributed by atoms with van der Waals surface area (Å²) in [5.74, 6) is 1.94. The molecule has 0 unspecified atom stereocenters. The van der Waals surface area contributed by atoms with E-state index < -0.39 is 9.85 Å². The standard InChI is InChI=1S/C20H21ClN6O4.C20H23ClN6O2.C13H16Cl2N2O2.C7H6N4O2.C7H7N3/c1-13-16-9-15(27(29)30)11-22-20(16)26(23-13)12-19(28)25-7-5-24(6-8-25)14-3-4-17(21)18(10-14)31-2;1-13-16-9-14(22)11-23-20(16)27(24-13)12-19(28)26-7-5-25(6-8-26)15-3-4-17(21)18(10-15)29-2;1-19-12-8-10(2-3-11(12)15)16-4-6-17(7-5-16)13(18)9-14;1-4-6-2-5(11(12)13)3-8-7(6)10-9-4;1-5-6-3-2-4-8-7(6)10-9-5/h3-4,9-11H,5-8,12H2,1-2H3;3-4,9-11H,5-8,12,22H2,1-2H3;2-3,8H,4-7,9H2,1H3;2-3H,1H3,(H,8,9,10);2-4H,1H3,(H,8,9,10). The number of benzene rings is 3. The third-order valence-electron chi connectivity index (χ3n) is 17.2. The van der Waals surface area contributed by atoms with Gasteiger partial charge in [0, 0.05) is 165 Å². The number of fused-ring (bicyclic) bond motifs is 4. The van der Waals surface area contributed by atoms with E-state index in [2.05, 4.69) is 65.2 Å². The fraction of sp³-hybridized carbons (Fsp3) is 0.328. The maximum atomic E-state index is 12.9. The molecular formula is C67H73Cl4N21O10. The molecular weight excluding hydrogens is 1400 g/mol. The number of carbonyl (C=O) groups excluding carboxylic acids is 3. The molecule has 0 spiro atoms. The van der Waals surface area contributed by atoms with Gasteiger partial charge in [-0.1, -0.05) is 34.8 Å². The SMILES string of the molecule is COc1cc(N2CCN(C(=O)CCl)CC2)ccc1Cl.COc1cc(N2CCN(C(=O)Cn3nc(C)c4cc(N)cnc43)CC2)ccc1Cl.COc1cc(N2CCN(C(=O)Cn3nc(C)c4cc([N+](=O)[O-])cnc43)CC2)ccc1Cl.Cc1[nH]nc2ncc([N+](=O)[O-])cc12.Cc1[nH]nc2ncccc12. The number of piperazine rings is 3. The Morgan fingerprint density at radius 3 is 1.29 bits per heavy atom. The first-order valence-electron chi connectivity index (χ1n) is 32.0. The van der Waals surface area contributed by atoms with Crippen LogP contribution in [0, 0.1) is 47.9 Å². The van der Waals surface area contributed by atoms with Gasteiger partial charge >= 0.3 is 0 Å². The van der Waals surface area contributed by atoms with Crippen LogP contribution in [-0.2, 0) is 27.5 Å². The number of pyridine rings is 4. The van der Waals surface area contributed by atoms with Crippen LogP contribution >= 0.6 is 46.4 Å². The lowest BCUT2D eigenvalue weighted by Crippen LogP contribution is -2.49. The van der Waals surface area contributed by atoms with Gasteiger partial charge in [-0.25, -0.2) is 29.3 Å². The zero-order valence-corrected chi connectivity index (χ0v) is 59.7. The number of hydrogen-bond acceptors (Lipinski definition) is 22. The summed E-state index contributed by atoms with van der Waals surface area (Å²) in [5, 5.41) is 48.6. The number of hydrogen-bond donors (Lipinski definition) is 3. The second-order valence-corrected chi connectivity index (χ2v) is 25.0. The van der Waals surface area contributed by atoms with E-state index in [1.807, 2.05) is 85.5 Å². The molecule has 534 valence electrons. The lowest BCUT2D eigenvalue weighted by molar-refractivity contribution is -0.385. The van der Waals surface area contributed by atoms with Crippen LogP contribution in [0.2, 0.25) is 15.1 Å². The Hall–Kier alpha value is -10.9. The maximum absolute atomic E-state index is 12.9. The second kappa shape index (κ2) is 33.5. The van der Waals surface area contributed by atoms with Crippen LogP contribution < -0.4 is 34.6 Å². The molecule has 0 saturated carbocycles. The number of nitrogens with zero attached hydrogens (tertiary/aromatic N) is 18. The summed E-state index contributed by atoms with van der Waals surface area (Å²) in [6.45, 7) is 15.8. The predicted octanol–water partition coefficient (Wildman–Crippen LogP) is 9.67. The molecule has 3 saturated heterocycles. The number of halogens is 4. The number of anilines is 4. The number of nitrogen functional groups attached to an aromatic ring is 1. The summed E-state index contributed by atoms with van der Waals surface area (Å²) in [4.78, 5) is 86.1. The molecule has 11 aromatic rings. The van der Waals surface area contributed by atoms with Crippen LogP contribution in [0.25, 0.3) is 44.1 Å². The van der Waals surface area contributed by atoms with Crippen LogP contribution in [0.4, 0.5) is 34.1 Å². The van der Waals surface area contributed by atoms with Crippen molar-refractivity contribution in [3.63, 3.8) is 0 Å². The van der Waals surface area contributed by atoms with E-state index in [0.717, 1.165) is 76.7 Å². The topological polar surface area (TPSA) is 355 Å². The fourth-order valence-corrected chi connectivity index (χ4v) is 12.3. The monoisotopic (exact) mass is 1470 g/mol. The van der Waals surface area contributed by atoms with Gasteiger partial charge in [-0.2, -0.15) is 20.4 Å². The molecule has 8 aromatic heterocycles. The van der Waals surface area contributed by atoms with Crippen molar-refractivity contribution >= 4 is 142 Å². The molecule has 3 aliphatic heterocycles. The van der Waals surface area contributed by atoms with Crippen molar-refractivity contribution < 1.29 is 38.4 Å². The molecule has 11 heterocycles. The average molecular weight is 1470 g/mol. The highest BCUT2D eigenvalue weighted by molar-refractivity contribution is 6.33. The number of nitrogens with one attached hydrogen (secondary N) is 2. The molecule has 0 aliphatic carbocycles. The molecule has 0 bridgehead atoms. The minimum atomic E-state index is -0.496. The second-order valence-electron chi connectivity index (χ2n) is 23.5. The molecule has 102 heavy (non-hydrogen) atoms. The van der Waals surface area contributed by atoms with Crippen molar-refractivity contribution in [3.05, 3.63) is 168 Å². The zero-order chi connectivity index (χ0) is 72.9. The van der Waals surface area contributed by atoms with Crippen molar-refractivity contribution in [2.45, 2.75) is 40.8 Å². The number of nitrogens with two attached hydrogens (primary N) is 1. The number of amides is 3. The first-order valence-corrected chi connectivity index (χ1v) is 33.6. The van der Waals surface area contributed by atoms with Gasteiger partial charge in [0.15, 0.2) is 22.6 Å². The first-order chi connectivity index (χ1) is 49.0. The average Bonchev–Trinajstić information content (AvgIpc) is 1.64. The van der Waals surface area contributed by atoms with Crippen LogP contribution in [0.3, 0.4) is 0 Å². The Bertz CT molecular complexity index is 4830. The Balaban J connectivity index is 0.000000145. The molecule has 0 radical (unpaired) electrons. The molecule has 3 aromatic carbocycles. The maximum Gasteiger partial charge on any atom is 0.288 e. The molecule has 35 heteroatoms. The van der Waals surface area contributed by atoms with Gasteiger partial charge in [0.1, 0.15) is 48.6 Å². The van der Waals surface area contributed by atoms with Gasteiger partial charge in [-0.15, -0.1) is 11.6 Å². The number of ether oxygens (including phenoxy) is 3. The number of alkyl halides is 1. The minimum Gasteiger partial charge on any atom is -0.495 e. The largest absolute Gasteiger partial charge is 0.495 e. The zero-order valence-electron chi connectivity index (χ0n) is 56.7. The van der Waals surface area contributed by atoms with Crippen LogP contribution in [-0.4, -0.2) is 208 Å². The molecule has 4 N–H and O–H groups in total. The number of H-pyrrole nitrogens is 2. The predicted molar refractivity (Wildman–Crippen MR) is 391 cm³/mol. The molecule has 3 fully saturated rings. The summed E-state index contributed by atoms with van der Waals surface area (Å²) in [6, 6.07) is 25.7. The van der Waals surface area contributed by atoms with Gasteiger partial charge < -0.3 is 49.3 Å². The number of methoxy groups -OCH3 is 3. The molecule has 3 aliphatic rings. The molecule has 0 atom stereocenters. The van der Waals surface area contributed by atoms with E-state index in [1.54, 1.807) is 68.1 Å². The molecule has 3 amide bonds. The van der Waals surface area contributed by atoms with E-state index in [9.17, 15) is 34.6 Å². The van der Waals surface area contributed by atoms with Crippen LogP contribution in [0.15, 0.2) is 110 Å². The molecule has 14 rings (SSSR count). The smallest absolute Gasteiger partial charge is 0.288 e. The van der Waals surface area contributed by atoms with Gasteiger partial charge in [-0.05, 0) is 82.3 Å². The van der Waals surface area contributed by atoms with Gasteiger partial charge in [-0.3, -0.25) is 44.8 Å². The fourth-order valence-electron chi connectivity index (χ4n) is 11.6. The van der Waals surface area contributed by atoms with Crippen LogP contribution in [0.1, 0.15) is 22.8 Å². The number of aromatic amines is 2. The summed E-state index contributed by atoms with van der Waals surface area (Å²) in [6.07, 6.45) is 5.71. The van der Waals surface area contributed by atoms with Gasteiger partial charge in [0.05, 0.1) is 69.5 Å². The van der Waals surface area contributed by atoms with Crippen LogP contribution in [0.5, 0.6) is 17.2 Å². The minimum absolute atomic E-state index is 0.00463. The highest BCUT2D eigenvalue weighted by Gasteiger charge is 2.27.